The first-order valence-corrected chi connectivity index (χ1v) is 8.72. The number of hydrogen-bond acceptors (Lipinski definition) is 5. The van der Waals surface area contributed by atoms with Crippen molar-refractivity contribution in [2.24, 2.45) is 5.73 Å². The van der Waals surface area contributed by atoms with Gasteiger partial charge in [0.05, 0.1) is 18.6 Å². The zero-order chi connectivity index (χ0) is 18.1. The molecule has 1 saturated heterocycles. The first kappa shape index (κ1) is 16.8. The standard InChI is InChI=1S/C20H20N2O4/c21-19(23)14-4-5-15-16(12-14)20(24)26-17-3-1-2-13(18(15)17)6-7-22-8-10-25-11-9-22/h1-5,12H,6-11H2,(H2,21,23). The number of morpholine rings is 1. The number of benzene rings is 2. The predicted molar refractivity (Wildman–Crippen MR) is 99.5 cm³/mol. The van der Waals surface area contributed by atoms with Crippen molar-refractivity contribution in [3.05, 3.63) is 57.9 Å². The van der Waals surface area contributed by atoms with Gasteiger partial charge >= 0.3 is 5.63 Å². The summed E-state index contributed by atoms with van der Waals surface area (Å²) >= 11 is 0. The van der Waals surface area contributed by atoms with E-state index < -0.39 is 11.5 Å². The Morgan fingerprint density at radius 1 is 1.12 bits per heavy atom. The van der Waals surface area contributed by atoms with Crippen LogP contribution in [0, 0.1) is 0 Å². The minimum absolute atomic E-state index is 0.301. The Morgan fingerprint density at radius 2 is 1.92 bits per heavy atom. The van der Waals surface area contributed by atoms with E-state index in [0.717, 1.165) is 55.6 Å². The van der Waals surface area contributed by atoms with Gasteiger partial charge in [-0.3, -0.25) is 9.69 Å². The summed E-state index contributed by atoms with van der Waals surface area (Å²) < 4.78 is 10.9. The molecule has 6 nitrogen and oxygen atoms in total. The fraction of sp³-hybridized carbons (Fsp3) is 0.300. The Labute approximate surface area is 150 Å². The zero-order valence-corrected chi connectivity index (χ0v) is 14.4. The lowest BCUT2D eigenvalue weighted by Crippen LogP contribution is -2.37. The summed E-state index contributed by atoms with van der Waals surface area (Å²) in [5.41, 5.74) is 6.87. The molecule has 0 unspecified atom stereocenters. The number of nitrogens with zero attached hydrogens (tertiary/aromatic N) is 1. The molecule has 0 saturated carbocycles. The highest BCUT2D eigenvalue weighted by Crippen LogP contribution is 2.27. The molecule has 0 aliphatic carbocycles. The Bertz CT molecular complexity index is 1040. The van der Waals surface area contributed by atoms with Crippen molar-refractivity contribution in [3.8, 4) is 0 Å². The van der Waals surface area contributed by atoms with E-state index in [2.05, 4.69) is 11.0 Å². The van der Waals surface area contributed by atoms with Crippen molar-refractivity contribution in [1.29, 1.82) is 0 Å². The molecule has 2 N–H and O–H groups in total. The lowest BCUT2D eigenvalue weighted by molar-refractivity contribution is 0.0385. The molecule has 1 fully saturated rings. The molecule has 4 rings (SSSR count). The summed E-state index contributed by atoms with van der Waals surface area (Å²) in [4.78, 5) is 26.2. The van der Waals surface area contributed by atoms with Gasteiger partial charge in [0.1, 0.15) is 5.58 Å². The topological polar surface area (TPSA) is 85.8 Å². The summed E-state index contributed by atoms with van der Waals surface area (Å²) in [6.07, 6.45) is 0.845. The summed E-state index contributed by atoms with van der Waals surface area (Å²) in [5.74, 6) is -0.563. The van der Waals surface area contributed by atoms with Crippen LogP contribution in [0.3, 0.4) is 0 Å². The van der Waals surface area contributed by atoms with E-state index >= 15 is 0 Å². The van der Waals surface area contributed by atoms with Gasteiger partial charge in [0.25, 0.3) is 0 Å². The molecule has 1 aromatic heterocycles. The van der Waals surface area contributed by atoms with E-state index in [9.17, 15) is 9.59 Å². The molecule has 1 aliphatic heterocycles. The average Bonchev–Trinajstić information content (AvgIpc) is 2.66. The molecule has 0 spiro atoms. The van der Waals surface area contributed by atoms with Crippen LogP contribution in [0.15, 0.2) is 45.6 Å². The fourth-order valence-corrected chi connectivity index (χ4v) is 3.52. The number of amides is 1. The SMILES string of the molecule is NC(=O)c1ccc2c(c1)c(=O)oc1cccc(CCN3CCOCC3)c12. The molecule has 2 heterocycles. The quantitative estimate of drug-likeness (QED) is 0.573. The first-order valence-electron chi connectivity index (χ1n) is 8.72. The molecule has 1 amide bonds. The average molecular weight is 352 g/mol. The molecule has 26 heavy (non-hydrogen) atoms. The molecular weight excluding hydrogens is 332 g/mol. The number of fused-ring (bicyclic) bond motifs is 3. The molecule has 3 aromatic rings. The maximum atomic E-state index is 12.3. The number of carbonyl (C=O) groups excluding carboxylic acids is 1. The van der Waals surface area contributed by atoms with Gasteiger partial charge in [0.15, 0.2) is 0 Å². The van der Waals surface area contributed by atoms with Gasteiger partial charge < -0.3 is 14.9 Å². The van der Waals surface area contributed by atoms with Crippen molar-refractivity contribution in [2.45, 2.75) is 6.42 Å². The summed E-state index contributed by atoms with van der Waals surface area (Å²) in [7, 11) is 0. The number of nitrogens with two attached hydrogens (primary N) is 1. The van der Waals surface area contributed by atoms with Crippen LogP contribution in [0.25, 0.3) is 21.7 Å². The highest BCUT2D eigenvalue weighted by molar-refractivity contribution is 6.08. The minimum atomic E-state index is -0.563. The van der Waals surface area contributed by atoms with E-state index in [4.69, 9.17) is 14.9 Å². The van der Waals surface area contributed by atoms with Gasteiger partial charge in [-0.2, -0.15) is 0 Å². The largest absolute Gasteiger partial charge is 0.422 e. The van der Waals surface area contributed by atoms with Crippen LogP contribution in [0.5, 0.6) is 0 Å². The Balaban J connectivity index is 1.80. The third-order valence-electron chi connectivity index (χ3n) is 4.91. The number of hydrogen-bond donors (Lipinski definition) is 1. The Hall–Kier alpha value is -2.70. The van der Waals surface area contributed by atoms with E-state index in [-0.39, 0.29) is 0 Å². The fourth-order valence-electron chi connectivity index (χ4n) is 3.52. The lowest BCUT2D eigenvalue weighted by Gasteiger charge is -2.26. The molecule has 0 radical (unpaired) electrons. The Morgan fingerprint density at radius 3 is 2.69 bits per heavy atom. The Kier molecular flexibility index (Phi) is 4.44. The summed E-state index contributed by atoms with van der Waals surface area (Å²) in [6, 6.07) is 10.7. The van der Waals surface area contributed by atoms with Gasteiger partial charge in [0, 0.05) is 36.0 Å². The van der Waals surface area contributed by atoms with E-state index in [1.54, 1.807) is 18.2 Å². The third-order valence-corrected chi connectivity index (χ3v) is 4.91. The van der Waals surface area contributed by atoms with E-state index in [1.165, 1.54) is 6.07 Å². The van der Waals surface area contributed by atoms with Crippen molar-refractivity contribution in [1.82, 2.24) is 4.90 Å². The van der Waals surface area contributed by atoms with Crippen LogP contribution in [0.4, 0.5) is 0 Å². The lowest BCUT2D eigenvalue weighted by atomic mass is 9.99. The van der Waals surface area contributed by atoms with Gasteiger partial charge in [-0.25, -0.2) is 4.79 Å². The van der Waals surface area contributed by atoms with Gasteiger partial charge in [0.2, 0.25) is 5.91 Å². The number of ether oxygens (including phenoxy) is 1. The minimum Gasteiger partial charge on any atom is -0.422 e. The van der Waals surface area contributed by atoms with Gasteiger partial charge in [-0.15, -0.1) is 0 Å². The first-order chi connectivity index (χ1) is 12.6. The molecule has 6 heteroatoms. The maximum Gasteiger partial charge on any atom is 0.344 e. The van der Waals surface area contributed by atoms with Crippen LogP contribution in [-0.4, -0.2) is 43.7 Å². The molecule has 2 aromatic carbocycles. The van der Waals surface area contributed by atoms with Crippen molar-refractivity contribution < 1.29 is 13.9 Å². The van der Waals surface area contributed by atoms with Crippen molar-refractivity contribution in [2.75, 3.05) is 32.8 Å². The second kappa shape index (κ2) is 6.90. The third kappa shape index (κ3) is 3.09. The van der Waals surface area contributed by atoms with Gasteiger partial charge in [-0.05, 0) is 30.2 Å². The molecule has 0 atom stereocenters. The monoisotopic (exact) mass is 352 g/mol. The molecule has 0 bridgehead atoms. The highest BCUT2D eigenvalue weighted by Gasteiger charge is 2.15. The zero-order valence-electron chi connectivity index (χ0n) is 14.4. The maximum absolute atomic E-state index is 12.3. The van der Waals surface area contributed by atoms with Crippen LogP contribution < -0.4 is 11.4 Å². The number of primary amides is 1. The van der Waals surface area contributed by atoms with Crippen molar-refractivity contribution >= 4 is 27.6 Å². The van der Waals surface area contributed by atoms with Crippen LogP contribution in [0.2, 0.25) is 0 Å². The van der Waals surface area contributed by atoms with E-state index in [0.29, 0.717) is 16.5 Å². The summed E-state index contributed by atoms with van der Waals surface area (Å²) in [6.45, 7) is 4.32. The van der Waals surface area contributed by atoms with E-state index in [1.807, 2.05) is 6.07 Å². The molecule has 134 valence electrons. The highest BCUT2D eigenvalue weighted by atomic mass is 16.5. The van der Waals surface area contributed by atoms with Crippen LogP contribution in [0.1, 0.15) is 15.9 Å². The molecule has 1 aliphatic rings. The smallest absolute Gasteiger partial charge is 0.344 e. The van der Waals surface area contributed by atoms with Crippen LogP contribution >= 0.6 is 0 Å². The normalized spacial score (nSPS) is 15.5. The van der Waals surface area contributed by atoms with Gasteiger partial charge in [-0.1, -0.05) is 18.2 Å². The second-order valence-electron chi connectivity index (χ2n) is 6.51. The van der Waals surface area contributed by atoms with Crippen LogP contribution in [-0.2, 0) is 11.2 Å². The molecular formula is C20H20N2O4. The second-order valence-corrected chi connectivity index (χ2v) is 6.51. The number of carbonyl (C=O) groups is 1. The number of rotatable bonds is 4. The predicted octanol–water partition coefficient (Wildman–Crippen LogP) is 1.92. The summed E-state index contributed by atoms with van der Waals surface area (Å²) in [5, 5.41) is 2.10. The van der Waals surface area contributed by atoms with Crippen molar-refractivity contribution in [3.63, 3.8) is 0 Å².